The molecule has 0 amide bonds. The van der Waals surface area contributed by atoms with Gasteiger partial charge in [0.05, 0.1) is 68.1 Å². The Morgan fingerprint density at radius 2 is 0.897 bits per heavy atom. The fourth-order valence-electron chi connectivity index (χ4n) is 4.84. The summed E-state index contributed by atoms with van der Waals surface area (Å²) in [4.78, 5) is 23.7. The molecule has 11 nitrogen and oxygen atoms in total. The molecule has 0 unspecified atom stereocenters. The van der Waals surface area contributed by atoms with Gasteiger partial charge in [0.25, 0.3) is 0 Å². The Morgan fingerprint density at radius 1 is 0.590 bits per heavy atom. The predicted octanol–water partition coefficient (Wildman–Crippen LogP) is 3.91. The third-order valence-corrected chi connectivity index (χ3v) is 6.61. The van der Waals surface area contributed by atoms with E-state index in [9.17, 15) is 9.59 Å². The van der Waals surface area contributed by atoms with Gasteiger partial charge in [-0.15, -0.1) is 0 Å². The smallest absolute Gasteiger partial charge is 0.302 e. The standard InChI is InChI=1S/C28H36O11/c1-15(29)37-13-19-20(14-38-16(2)30)26(18-11-23(33-5)28(36-8)24(12-18)34-6)39-25(19)17-9-21(31-3)27(35-7)22(10-17)32-4/h9-12,19-20,25-26H,13-14H2,1-8H3/t19-,20-,25+,26+/m1/s1. The second-order valence-electron chi connectivity index (χ2n) is 8.83. The van der Waals surface area contributed by atoms with Crippen LogP contribution in [-0.4, -0.2) is 67.8 Å². The van der Waals surface area contributed by atoms with E-state index in [1.807, 2.05) is 0 Å². The number of carbonyl (C=O) groups is 2. The lowest BCUT2D eigenvalue weighted by atomic mass is 9.83. The molecule has 0 spiro atoms. The molecule has 1 aliphatic rings. The van der Waals surface area contributed by atoms with Crippen molar-refractivity contribution in [3.05, 3.63) is 35.4 Å². The van der Waals surface area contributed by atoms with Crippen molar-refractivity contribution in [3.63, 3.8) is 0 Å². The third kappa shape index (κ3) is 6.42. The van der Waals surface area contributed by atoms with Gasteiger partial charge in [-0.05, 0) is 35.4 Å². The molecule has 3 rings (SSSR count). The highest BCUT2D eigenvalue weighted by Crippen LogP contribution is 2.53. The van der Waals surface area contributed by atoms with Crippen molar-refractivity contribution in [2.45, 2.75) is 26.1 Å². The molecule has 4 atom stereocenters. The molecular weight excluding hydrogens is 512 g/mol. The van der Waals surface area contributed by atoms with E-state index in [4.69, 9.17) is 42.6 Å². The fourth-order valence-corrected chi connectivity index (χ4v) is 4.84. The van der Waals surface area contributed by atoms with Gasteiger partial charge in [-0.3, -0.25) is 9.59 Å². The number of hydrogen-bond donors (Lipinski definition) is 0. The van der Waals surface area contributed by atoms with Crippen LogP contribution in [0.5, 0.6) is 34.5 Å². The summed E-state index contributed by atoms with van der Waals surface area (Å²) in [5.74, 6) is 0.891. The van der Waals surface area contributed by atoms with Crippen molar-refractivity contribution in [1.29, 1.82) is 0 Å². The molecule has 0 radical (unpaired) electrons. The van der Waals surface area contributed by atoms with Gasteiger partial charge in [0.2, 0.25) is 11.5 Å². The van der Waals surface area contributed by atoms with Crippen LogP contribution in [0.2, 0.25) is 0 Å². The highest BCUT2D eigenvalue weighted by atomic mass is 16.6. The molecule has 1 saturated heterocycles. The van der Waals surface area contributed by atoms with Gasteiger partial charge in [-0.2, -0.15) is 0 Å². The van der Waals surface area contributed by atoms with E-state index >= 15 is 0 Å². The minimum Gasteiger partial charge on any atom is -0.493 e. The lowest BCUT2D eigenvalue weighted by molar-refractivity contribution is -0.146. The Hall–Kier alpha value is -3.86. The Labute approximate surface area is 228 Å². The Bertz CT molecular complexity index is 1020. The fraction of sp³-hybridized carbons (Fsp3) is 0.500. The lowest BCUT2D eigenvalue weighted by Gasteiger charge is -2.25. The summed E-state index contributed by atoms with van der Waals surface area (Å²) in [5.41, 5.74) is 1.40. The van der Waals surface area contributed by atoms with Crippen LogP contribution in [0.15, 0.2) is 24.3 Å². The highest BCUT2D eigenvalue weighted by Gasteiger charge is 2.47. The Morgan fingerprint density at radius 3 is 1.13 bits per heavy atom. The highest BCUT2D eigenvalue weighted by molar-refractivity contribution is 5.66. The summed E-state index contributed by atoms with van der Waals surface area (Å²) in [6.07, 6.45) is -1.22. The summed E-state index contributed by atoms with van der Waals surface area (Å²) >= 11 is 0. The first-order valence-corrected chi connectivity index (χ1v) is 12.2. The summed E-state index contributed by atoms with van der Waals surface area (Å²) in [6.45, 7) is 2.71. The number of rotatable bonds is 12. The van der Waals surface area contributed by atoms with Crippen LogP contribution in [0.3, 0.4) is 0 Å². The average Bonchev–Trinajstić information content (AvgIpc) is 3.31. The molecule has 214 valence electrons. The molecule has 2 aromatic rings. The van der Waals surface area contributed by atoms with Crippen molar-refractivity contribution in [2.75, 3.05) is 55.9 Å². The number of hydrogen-bond acceptors (Lipinski definition) is 11. The van der Waals surface area contributed by atoms with E-state index in [1.165, 1.54) is 56.5 Å². The SMILES string of the molecule is COc1cc([C@@H]2O[C@@H](c3cc(OC)c(OC)c(OC)c3)[C@H](COC(C)=O)[C@H]2COC(C)=O)cc(OC)c1OC. The largest absolute Gasteiger partial charge is 0.493 e. The predicted molar refractivity (Wildman–Crippen MR) is 139 cm³/mol. The first-order chi connectivity index (χ1) is 18.7. The number of ether oxygens (including phenoxy) is 9. The van der Waals surface area contributed by atoms with Gasteiger partial charge in [-0.25, -0.2) is 0 Å². The minimum absolute atomic E-state index is 0.0174. The van der Waals surface area contributed by atoms with Crippen molar-refractivity contribution in [2.24, 2.45) is 11.8 Å². The van der Waals surface area contributed by atoms with Gasteiger partial charge >= 0.3 is 11.9 Å². The topological polar surface area (TPSA) is 117 Å². The van der Waals surface area contributed by atoms with Gasteiger partial charge in [-0.1, -0.05) is 0 Å². The summed E-state index contributed by atoms with van der Waals surface area (Å²) in [5, 5.41) is 0. The van der Waals surface area contributed by atoms with Gasteiger partial charge < -0.3 is 42.6 Å². The first kappa shape index (κ1) is 29.7. The van der Waals surface area contributed by atoms with Gasteiger partial charge in [0.1, 0.15) is 0 Å². The van der Waals surface area contributed by atoms with Crippen molar-refractivity contribution in [1.82, 2.24) is 0 Å². The van der Waals surface area contributed by atoms with Gasteiger partial charge in [0.15, 0.2) is 23.0 Å². The van der Waals surface area contributed by atoms with Crippen LogP contribution in [0.1, 0.15) is 37.2 Å². The summed E-state index contributed by atoms with van der Waals surface area (Å²) in [6, 6.07) is 7.14. The van der Waals surface area contributed by atoms with Crippen LogP contribution < -0.4 is 28.4 Å². The first-order valence-electron chi connectivity index (χ1n) is 12.2. The van der Waals surface area contributed by atoms with E-state index in [0.717, 1.165) is 0 Å². The van der Waals surface area contributed by atoms with Crippen molar-refractivity contribution in [3.8, 4) is 34.5 Å². The minimum atomic E-state index is -0.609. The van der Waals surface area contributed by atoms with E-state index in [1.54, 1.807) is 24.3 Å². The quantitative estimate of drug-likeness (QED) is 0.359. The maximum absolute atomic E-state index is 11.8. The summed E-state index contributed by atoms with van der Waals surface area (Å²) in [7, 11) is 9.13. The van der Waals surface area contributed by atoms with Crippen LogP contribution in [0, 0.1) is 11.8 Å². The molecule has 11 heteroatoms. The molecule has 1 fully saturated rings. The van der Waals surface area contributed by atoms with E-state index < -0.39 is 36.0 Å². The zero-order chi connectivity index (χ0) is 28.7. The second-order valence-corrected chi connectivity index (χ2v) is 8.83. The van der Waals surface area contributed by atoms with Crippen LogP contribution in [0.25, 0.3) is 0 Å². The normalized spacial score (nSPS) is 20.1. The zero-order valence-corrected chi connectivity index (χ0v) is 23.5. The Balaban J connectivity index is 2.19. The van der Waals surface area contributed by atoms with E-state index in [0.29, 0.717) is 45.6 Å². The monoisotopic (exact) mass is 548 g/mol. The van der Waals surface area contributed by atoms with Crippen LogP contribution >= 0.6 is 0 Å². The molecule has 1 heterocycles. The van der Waals surface area contributed by atoms with Crippen molar-refractivity contribution < 1.29 is 52.2 Å². The molecule has 0 bridgehead atoms. The molecular formula is C28H36O11. The maximum atomic E-state index is 11.8. The van der Waals surface area contributed by atoms with Crippen LogP contribution in [-0.2, 0) is 23.8 Å². The van der Waals surface area contributed by atoms with E-state index in [2.05, 4.69) is 0 Å². The third-order valence-electron chi connectivity index (χ3n) is 6.61. The molecule has 39 heavy (non-hydrogen) atoms. The Kier molecular flexibility index (Phi) is 10.1. The molecule has 0 aliphatic carbocycles. The van der Waals surface area contributed by atoms with Gasteiger partial charge in [0, 0.05) is 25.7 Å². The molecule has 0 aromatic heterocycles. The van der Waals surface area contributed by atoms with Crippen molar-refractivity contribution >= 4 is 11.9 Å². The molecule has 1 aliphatic heterocycles. The summed E-state index contributed by atoms with van der Waals surface area (Å²) < 4.78 is 50.8. The number of benzene rings is 2. The number of carbonyl (C=O) groups excluding carboxylic acids is 2. The van der Waals surface area contributed by atoms with Crippen LogP contribution in [0.4, 0.5) is 0 Å². The molecule has 0 N–H and O–H groups in total. The number of esters is 2. The second kappa shape index (κ2) is 13.3. The zero-order valence-electron chi connectivity index (χ0n) is 23.5. The lowest BCUT2D eigenvalue weighted by Crippen LogP contribution is -2.27. The molecule has 2 aromatic carbocycles. The van der Waals surface area contributed by atoms with E-state index in [-0.39, 0.29) is 13.2 Å². The molecule has 0 saturated carbocycles. The number of methoxy groups -OCH3 is 6. The average molecular weight is 549 g/mol. The maximum Gasteiger partial charge on any atom is 0.302 e.